The molecule has 3 N–H and O–H groups in total. The smallest absolute Gasteiger partial charge is 0.226 e. The molecule has 0 aliphatic heterocycles. The lowest BCUT2D eigenvalue weighted by Crippen LogP contribution is -2.35. The van der Waals surface area contributed by atoms with Crippen molar-refractivity contribution in [2.45, 2.75) is 19.0 Å². The van der Waals surface area contributed by atoms with Gasteiger partial charge in [-0.2, -0.15) is 0 Å². The predicted molar refractivity (Wildman–Crippen MR) is 96.1 cm³/mol. The molecule has 0 spiro atoms. The van der Waals surface area contributed by atoms with Gasteiger partial charge in [-0.25, -0.2) is 4.98 Å². The van der Waals surface area contributed by atoms with Crippen molar-refractivity contribution in [3.8, 4) is 5.75 Å². The summed E-state index contributed by atoms with van der Waals surface area (Å²) in [4.78, 5) is 18.5. The van der Waals surface area contributed by atoms with Gasteiger partial charge in [0.25, 0.3) is 0 Å². The number of amides is 1. The van der Waals surface area contributed by atoms with E-state index in [1.165, 1.54) is 11.3 Å². The molecule has 1 aromatic heterocycles. The standard InChI is InChI=1S/C17H24N4O2S/c1-21(2)15(12-4-6-14(23-3)7-5-12)10-19-16(22)8-13-11-24-17(9-18)20-13/h4-7,11,15H,8-10,18H2,1-3H3,(H,19,22). The molecule has 0 aliphatic rings. The summed E-state index contributed by atoms with van der Waals surface area (Å²) in [6.45, 7) is 0.943. The Labute approximate surface area is 146 Å². The Morgan fingerprint density at radius 3 is 2.62 bits per heavy atom. The number of benzene rings is 1. The van der Waals surface area contributed by atoms with Crippen LogP contribution in [-0.4, -0.2) is 43.5 Å². The SMILES string of the molecule is COc1ccc(C(CNC(=O)Cc2csc(CN)n2)N(C)C)cc1. The minimum Gasteiger partial charge on any atom is -0.497 e. The van der Waals surface area contributed by atoms with Crippen LogP contribution in [0, 0.1) is 0 Å². The van der Waals surface area contributed by atoms with Gasteiger partial charge in [0.05, 0.1) is 25.3 Å². The molecule has 130 valence electrons. The molecule has 2 aromatic rings. The Hall–Kier alpha value is -1.96. The number of ether oxygens (including phenoxy) is 1. The Morgan fingerprint density at radius 2 is 2.08 bits per heavy atom. The highest BCUT2D eigenvalue weighted by molar-refractivity contribution is 7.09. The lowest BCUT2D eigenvalue weighted by atomic mass is 10.1. The van der Waals surface area contributed by atoms with Crippen LogP contribution < -0.4 is 15.8 Å². The second kappa shape index (κ2) is 8.77. The number of nitrogens with one attached hydrogen (secondary N) is 1. The van der Waals surface area contributed by atoms with E-state index in [1.54, 1.807) is 7.11 Å². The van der Waals surface area contributed by atoms with Gasteiger partial charge < -0.3 is 20.7 Å². The molecule has 1 amide bonds. The van der Waals surface area contributed by atoms with Gasteiger partial charge in [0, 0.05) is 18.5 Å². The number of hydrogen-bond acceptors (Lipinski definition) is 6. The lowest BCUT2D eigenvalue weighted by Gasteiger charge is -2.25. The highest BCUT2D eigenvalue weighted by Crippen LogP contribution is 2.20. The van der Waals surface area contributed by atoms with E-state index < -0.39 is 0 Å². The third kappa shape index (κ3) is 5.02. The number of rotatable bonds is 8. The van der Waals surface area contributed by atoms with Gasteiger partial charge >= 0.3 is 0 Å². The number of carbonyl (C=O) groups excluding carboxylic acids is 1. The summed E-state index contributed by atoms with van der Waals surface area (Å²) in [5, 5.41) is 5.72. The van der Waals surface area contributed by atoms with Gasteiger partial charge in [0.15, 0.2) is 0 Å². The van der Waals surface area contributed by atoms with Gasteiger partial charge in [0.2, 0.25) is 5.91 Å². The molecule has 0 saturated heterocycles. The number of nitrogens with two attached hydrogens (primary N) is 1. The first-order valence-electron chi connectivity index (χ1n) is 7.74. The summed E-state index contributed by atoms with van der Waals surface area (Å²) in [6, 6.07) is 7.98. The first-order valence-corrected chi connectivity index (χ1v) is 8.62. The largest absolute Gasteiger partial charge is 0.497 e. The van der Waals surface area contributed by atoms with Crippen molar-refractivity contribution in [1.82, 2.24) is 15.2 Å². The molecular formula is C17H24N4O2S. The average Bonchev–Trinajstić information content (AvgIpc) is 3.02. The normalized spacial score (nSPS) is 12.2. The summed E-state index contributed by atoms with van der Waals surface area (Å²) >= 11 is 1.48. The summed E-state index contributed by atoms with van der Waals surface area (Å²) < 4.78 is 5.19. The number of thiazole rings is 1. The topological polar surface area (TPSA) is 80.5 Å². The highest BCUT2D eigenvalue weighted by atomic mass is 32.1. The third-order valence-corrected chi connectivity index (χ3v) is 4.65. The van der Waals surface area contributed by atoms with E-state index in [9.17, 15) is 4.79 Å². The zero-order chi connectivity index (χ0) is 17.5. The van der Waals surface area contributed by atoms with Gasteiger partial charge in [-0.3, -0.25) is 4.79 Å². The van der Waals surface area contributed by atoms with Crippen LogP contribution in [-0.2, 0) is 17.8 Å². The van der Waals surface area contributed by atoms with Gasteiger partial charge in [-0.15, -0.1) is 11.3 Å². The van der Waals surface area contributed by atoms with Gasteiger partial charge in [0.1, 0.15) is 10.8 Å². The number of methoxy groups -OCH3 is 1. The minimum atomic E-state index is -0.0377. The Bertz CT molecular complexity index is 655. The number of likely N-dealkylation sites (N-methyl/N-ethyl adjacent to an activating group) is 1. The van der Waals surface area contributed by atoms with E-state index in [0.29, 0.717) is 13.1 Å². The second-order valence-corrected chi connectivity index (χ2v) is 6.61. The highest BCUT2D eigenvalue weighted by Gasteiger charge is 2.16. The Balaban J connectivity index is 1.93. The maximum absolute atomic E-state index is 12.2. The monoisotopic (exact) mass is 348 g/mol. The van der Waals surface area contributed by atoms with Crippen LogP contribution in [0.1, 0.15) is 22.3 Å². The van der Waals surface area contributed by atoms with E-state index in [-0.39, 0.29) is 18.4 Å². The molecule has 6 nitrogen and oxygen atoms in total. The van der Waals surface area contributed by atoms with E-state index >= 15 is 0 Å². The fourth-order valence-electron chi connectivity index (χ4n) is 2.39. The van der Waals surface area contributed by atoms with Crippen LogP contribution >= 0.6 is 11.3 Å². The third-order valence-electron chi connectivity index (χ3n) is 3.73. The molecule has 1 aromatic carbocycles. The summed E-state index contributed by atoms with van der Waals surface area (Å²) in [5.74, 6) is 0.781. The lowest BCUT2D eigenvalue weighted by molar-refractivity contribution is -0.120. The Kier molecular flexibility index (Phi) is 6.72. The summed E-state index contributed by atoms with van der Waals surface area (Å²) in [6.07, 6.45) is 0.277. The van der Waals surface area contributed by atoms with Crippen LogP contribution in [0.2, 0.25) is 0 Å². The predicted octanol–water partition coefficient (Wildman–Crippen LogP) is 1.57. The van der Waals surface area contributed by atoms with E-state index in [0.717, 1.165) is 22.0 Å². The van der Waals surface area contributed by atoms with Gasteiger partial charge in [-0.1, -0.05) is 12.1 Å². The molecule has 0 bridgehead atoms. The molecule has 1 unspecified atom stereocenters. The van der Waals surface area contributed by atoms with Crippen molar-refractivity contribution >= 4 is 17.2 Å². The maximum atomic E-state index is 12.2. The first-order chi connectivity index (χ1) is 11.5. The average molecular weight is 348 g/mol. The number of aromatic nitrogens is 1. The number of nitrogens with zero attached hydrogens (tertiary/aromatic N) is 2. The van der Waals surface area contributed by atoms with Crippen molar-refractivity contribution < 1.29 is 9.53 Å². The molecule has 0 radical (unpaired) electrons. The molecule has 0 saturated carbocycles. The molecule has 0 fully saturated rings. The maximum Gasteiger partial charge on any atom is 0.226 e. The van der Waals surface area contributed by atoms with Crippen molar-refractivity contribution in [1.29, 1.82) is 0 Å². The first kappa shape index (κ1) is 18.4. The fourth-order valence-corrected chi connectivity index (χ4v) is 3.06. The Morgan fingerprint density at radius 1 is 1.38 bits per heavy atom. The van der Waals surface area contributed by atoms with Crippen molar-refractivity contribution in [3.63, 3.8) is 0 Å². The van der Waals surface area contributed by atoms with E-state index in [2.05, 4.69) is 15.2 Å². The quantitative estimate of drug-likeness (QED) is 0.757. The molecule has 0 aliphatic carbocycles. The molecule has 1 heterocycles. The second-order valence-electron chi connectivity index (χ2n) is 5.67. The zero-order valence-corrected chi connectivity index (χ0v) is 15.1. The molecule has 2 rings (SSSR count). The van der Waals surface area contributed by atoms with Crippen molar-refractivity contribution in [3.05, 3.63) is 45.9 Å². The molecular weight excluding hydrogens is 324 g/mol. The van der Waals surface area contributed by atoms with Crippen LogP contribution in [0.25, 0.3) is 0 Å². The summed E-state index contributed by atoms with van der Waals surface area (Å²) in [5.41, 5.74) is 7.44. The number of hydrogen-bond donors (Lipinski definition) is 2. The van der Waals surface area contributed by atoms with E-state index in [4.69, 9.17) is 10.5 Å². The molecule has 24 heavy (non-hydrogen) atoms. The number of carbonyl (C=O) groups is 1. The van der Waals surface area contributed by atoms with Crippen molar-refractivity contribution in [2.75, 3.05) is 27.7 Å². The van der Waals surface area contributed by atoms with E-state index in [1.807, 2.05) is 43.7 Å². The zero-order valence-electron chi connectivity index (χ0n) is 14.3. The minimum absolute atomic E-state index is 0.0377. The van der Waals surface area contributed by atoms with Crippen LogP contribution in [0.4, 0.5) is 0 Å². The van der Waals surface area contributed by atoms with Crippen LogP contribution in [0.3, 0.4) is 0 Å². The van der Waals surface area contributed by atoms with Crippen LogP contribution in [0.5, 0.6) is 5.75 Å². The van der Waals surface area contributed by atoms with Crippen molar-refractivity contribution in [2.24, 2.45) is 5.73 Å². The van der Waals surface area contributed by atoms with Crippen LogP contribution in [0.15, 0.2) is 29.6 Å². The molecule has 7 heteroatoms. The fraction of sp³-hybridized carbons (Fsp3) is 0.412. The summed E-state index contributed by atoms with van der Waals surface area (Å²) in [7, 11) is 5.64. The van der Waals surface area contributed by atoms with Gasteiger partial charge in [-0.05, 0) is 31.8 Å². The molecule has 1 atom stereocenters.